The molecule has 0 bridgehead atoms. The summed E-state index contributed by atoms with van der Waals surface area (Å²) in [5, 5.41) is 14.3. The highest BCUT2D eigenvalue weighted by Gasteiger charge is 2.38. The van der Waals surface area contributed by atoms with Gasteiger partial charge in [-0.15, -0.1) is 0 Å². The minimum absolute atomic E-state index is 0.0680. The molecule has 0 saturated carbocycles. The molecule has 0 fully saturated rings. The molecule has 3 aromatic rings. The van der Waals surface area contributed by atoms with Crippen LogP contribution < -0.4 is 10.1 Å². The van der Waals surface area contributed by atoms with Crippen molar-refractivity contribution in [2.75, 3.05) is 19.5 Å². The molecule has 2 heterocycles. The highest BCUT2D eigenvalue weighted by molar-refractivity contribution is 6.14. The van der Waals surface area contributed by atoms with Crippen molar-refractivity contribution in [1.82, 2.24) is 20.2 Å². The average Bonchev–Trinajstić information content (AvgIpc) is 3.26. The predicted molar refractivity (Wildman–Crippen MR) is 102 cm³/mol. The number of Topliss-reactive ketones (excluding diaryl/α,β-unsaturated/α-hetero) is 1. The van der Waals surface area contributed by atoms with E-state index in [1.165, 1.54) is 43.2 Å². The Labute approximate surface area is 170 Å². The number of carbonyl (C=O) groups excluding carboxylic acids is 2. The van der Waals surface area contributed by atoms with E-state index in [1.54, 1.807) is 24.3 Å². The number of methoxy groups -OCH3 is 2. The van der Waals surface area contributed by atoms with Crippen LogP contribution in [-0.4, -0.2) is 46.2 Å². The van der Waals surface area contributed by atoms with Gasteiger partial charge in [-0.05, 0) is 52.4 Å². The third kappa shape index (κ3) is 3.28. The van der Waals surface area contributed by atoms with E-state index in [0.29, 0.717) is 11.3 Å². The van der Waals surface area contributed by atoms with Gasteiger partial charge in [0.2, 0.25) is 5.95 Å². The van der Waals surface area contributed by atoms with E-state index in [0.717, 1.165) is 0 Å². The molecule has 1 aliphatic heterocycles. The number of esters is 1. The van der Waals surface area contributed by atoms with Gasteiger partial charge in [-0.1, -0.05) is 17.2 Å². The number of hydrogen-bond acceptors (Lipinski definition) is 8. The van der Waals surface area contributed by atoms with E-state index in [4.69, 9.17) is 9.47 Å². The van der Waals surface area contributed by atoms with Crippen LogP contribution in [-0.2, 0) is 9.53 Å². The molecule has 30 heavy (non-hydrogen) atoms. The van der Waals surface area contributed by atoms with Crippen LogP contribution in [0.4, 0.5) is 10.3 Å². The highest BCUT2D eigenvalue weighted by Crippen LogP contribution is 2.37. The van der Waals surface area contributed by atoms with E-state index >= 15 is 0 Å². The van der Waals surface area contributed by atoms with Gasteiger partial charge in [0.05, 0.1) is 19.8 Å². The van der Waals surface area contributed by atoms with Crippen molar-refractivity contribution in [2.24, 2.45) is 0 Å². The summed E-state index contributed by atoms with van der Waals surface area (Å²) in [4.78, 5) is 26.0. The number of nitrogens with zero attached hydrogens (tertiary/aromatic N) is 4. The van der Waals surface area contributed by atoms with Crippen molar-refractivity contribution < 1.29 is 23.5 Å². The second kappa shape index (κ2) is 7.74. The summed E-state index contributed by atoms with van der Waals surface area (Å²) in [5.41, 5.74) is 0.815. The summed E-state index contributed by atoms with van der Waals surface area (Å²) >= 11 is 0. The highest BCUT2D eigenvalue weighted by atomic mass is 19.1. The first kappa shape index (κ1) is 19.2. The zero-order valence-electron chi connectivity index (χ0n) is 16.0. The van der Waals surface area contributed by atoms with Gasteiger partial charge in [0.25, 0.3) is 0 Å². The zero-order valence-corrected chi connectivity index (χ0v) is 16.0. The molecule has 1 aromatic heterocycles. The largest absolute Gasteiger partial charge is 0.497 e. The Morgan fingerprint density at radius 1 is 1.07 bits per heavy atom. The number of nitrogens with one attached hydrogen (secondary N) is 1. The summed E-state index contributed by atoms with van der Waals surface area (Å²) in [5.74, 6) is -0.942. The SMILES string of the molecule is COC(=O)C1=C(C(=O)c2ccc(F)cc2)[C@@H](c2ccc(OC)cc2)n2nnnc2N1. The Morgan fingerprint density at radius 2 is 1.77 bits per heavy atom. The van der Waals surface area contributed by atoms with E-state index in [-0.39, 0.29) is 22.8 Å². The standard InChI is InChI=1S/C20H16FN5O4/c1-29-14-9-5-11(6-10-14)17-15(18(27)12-3-7-13(21)8-4-12)16(19(28)30-2)22-20-23-24-25-26(17)20/h3-10,17H,1-2H3,(H,22,23,25)/t17-/m1/s1. The second-order valence-corrected chi connectivity index (χ2v) is 6.36. The molecule has 1 atom stereocenters. The van der Waals surface area contributed by atoms with Gasteiger partial charge in [-0.3, -0.25) is 4.79 Å². The summed E-state index contributed by atoms with van der Waals surface area (Å²) < 4.78 is 24.8. The maximum atomic E-state index is 13.4. The Kier molecular flexibility index (Phi) is 4.97. The number of allylic oxidation sites excluding steroid dienone is 1. The summed E-state index contributed by atoms with van der Waals surface area (Å²) in [7, 11) is 2.74. The number of anilines is 1. The van der Waals surface area contributed by atoms with Gasteiger partial charge in [-0.25, -0.2) is 9.18 Å². The van der Waals surface area contributed by atoms with Crippen LogP contribution in [0.3, 0.4) is 0 Å². The number of halogens is 1. The van der Waals surface area contributed by atoms with Crippen molar-refractivity contribution in [2.45, 2.75) is 6.04 Å². The van der Waals surface area contributed by atoms with Gasteiger partial charge >= 0.3 is 5.97 Å². The fraction of sp³-hybridized carbons (Fsp3) is 0.150. The van der Waals surface area contributed by atoms with Gasteiger partial charge in [0.15, 0.2) is 5.78 Å². The molecule has 0 aliphatic carbocycles. The third-order valence-electron chi connectivity index (χ3n) is 4.69. The number of carbonyl (C=O) groups is 2. The molecule has 9 nitrogen and oxygen atoms in total. The number of aromatic nitrogens is 4. The van der Waals surface area contributed by atoms with Crippen molar-refractivity contribution in [3.05, 3.63) is 76.7 Å². The van der Waals surface area contributed by atoms with Crippen LogP contribution >= 0.6 is 0 Å². The lowest BCUT2D eigenvalue weighted by atomic mass is 9.89. The first-order valence-corrected chi connectivity index (χ1v) is 8.85. The molecule has 10 heteroatoms. The number of ketones is 1. The van der Waals surface area contributed by atoms with Crippen molar-refractivity contribution >= 4 is 17.7 Å². The molecular weight excluding hydrogens is 393 g/mol. The smallest absolute Gasteiger partial charge is 0.355 e. The van der Waals surface area contributed by atoms with Crippen LogP contribution in [0, 0.1) is 5.82 Å². The number of ether oxygens (including phenoxy) is 2. The summed E-state index contributed by atoms with van der Waals surface area (Å²) in [6.07, 6.45) is 0. The van der Waals surface area contributed by atoms with E-state index < -0.39 is 23.6 Å². The predicted octanol–water partition coefficient (Wildman–Crippen LogP) is 2.15. The van der Waals surface area contributed by atoms with Crippen molar-refractivity contribution in [3.63, 3.8) is 0 Å². The molecular formula is C20H16FN5O4. The van der Waals surface area contributed by atoms with Crippen LogP contribution in [0.2, 0.25) is 0 Å². The van der Waals surface area contributed by atoms with Crippen LogP contribution in [0.1, 0.15) is 22.0 Å². The van der Waals surface area contributed by atoms with Gasteiger partial charge in [-0.2, -0.15) is 4.68 Å². The molecule has 0 saturated heterocycles. The molecule has 1 aliphatic rings. The first-order chi connectivity index (χ1) is 14.5. The monoisotopic (exact) mass is 409 g/mol. The minimum atomic E-state index is -0.825. The second-order valence-electron chi connectivity index (χ2n) is 6.36. The molecule has 4 rings (SSSR count). The molecule has 2 aromatic carbocycles. The minimum Gasteiger partial charge on any atom is -0.497 e. The summed E-state index contributed by atoms with van der Waals surface area (Å²) in [6.45, 7) is 0. The number of rotatable bonds is 5. The quantitative estimate of drug-likeness (QED) is 0.504. The Hall–Kier alpha value is -4.08. The fourth-order valence-electron chi connectivity index (χ4n) is 3.24. The first-order valence-electron chi connectivity index (χ1n) is 8.85. The number of hydrogen-bond donors (Lipinski definition) is 1. The molecule has 152 valence electrons. The van der Waals surface area contributed by atoms with Crippen molar-refractivity contribution in [3.8, 4) is 5.75 Å². The average molecular weight is 409 g/mol. The van der Waals surface area contributed by atoms with Gasteiger partial charge in [0.1, 0.15) is 23.3 Å². The maximum absolute atomic E-state index is 13.4. The molecule has 1 N–H and O–H groups in total. The van der Waals surface area contributed by atoms with E-state index in [9.17, 15) is 14.0 Å². The zero-order chi connectivity index (χ0) is 21.3. The van der Waals surface area contributed by atoms with Gasteiger partial charge in [0, 0.05) is 5.56 Å². The van der Waals surface area contributed by atoms with Crippen molar-refractivity contribution in [1.29, 1.82) is 0 Å². The Balaban J connectivity index is 1.92. The van der Waals surface area contributed by atoms with Crippen LogP contribution in [0.25, 0.3) is 0 Å². The lowest BCUT2D eigenvalue weighted by Crippen LogP contribution is -2.32. The molecule has 0 spiro atoms. The lowest BCUT2D eigenvalue weighted by molar-refractivity contribution is -0.136. The third-order valence-corrected chi connectivity index (χ3v) is 4.69. The lowest BCUT2D eigenvalue weighted by Gasteiger charge is -2.28. The molecule has 0 radical (unpaired) electrons. The Morgan fingerprint density at radius 3 is 2.40 bits per heavy atom. The van der Waals surface area contributed by atoms with E-state index in [2.05, 4.69) is 20.8 Å². The number of fused-ring (bicyclic) bond motifs is 1. The van der Waals surface area contributed by atoms with Crippen LogP contribution in [0.5, 0.6) is 5.75 Å². The summed E-state index contributed by atoms with van der Waals surface area (Å²) in [6, 6.07) is 11.1. The topological polar surface area (TPSA) is 108 Å². The fourth-order valence-corrected chi connectivity index (χ4v) is 3.24. The molecule has 0 amide bonds. The van der Waals surface area contributed by atoms with Gasteiger partial charge < -0.3 is 14.8 Å². The number of tetrazole rings is 1. The Bertz CT molecular complexity index is 1140. The van der Waals surface area contributed by atoms with E-state index in [1.807, 2.05) is 0 Å². The maximum Gasteiger partial charge on any atom is 0.355 e. The normalized spacial score (nSPS) is 15.2. The molecule has 0 unspecified atom stereocenters. The number of benzene rings is 2. The van der Waals surface area contributed by atoms with Crippen LogP contribution in [0.15, 0.2) is 59.8 Å².